The van der Waals surface area contributed by atoms with E-state index < -0.39 is 0 Å². The zero-order chi connectivity index (χ0) is 14.5. The van der Waals surface area contributed by atoms with Crippen LogP contribution in [0.1, 0.15) is 32.6 Å². The highest BCUT2D eigenvalue weighted by Crippen LogP contribution is 2.20. The first kappa shape index (κ1) is 14.8. The second kappa shape index (κ2) is 6.72. The molecule has 5 nitrogen and oxygen atoms in total. The summed E-state index contributed by atoms with van der Waals surface area (Å²) in [6, 6.07) is 5.91. The van der Waals surface area contributed by atoms with Crippen LogP contribution in [0.3, 0.4) is 0 Å². The summed E-state index contributed by atoms with van der Waals surface area (Å²) >= 11 is 0. The molecule has 0 saturated heterocycles. The quantitative estimate of drug-likeness (QED) is 0.760. The van der Waals surface area contributed by atoms with Crippen LogP contribution in [0.5, 0.6) is 0 Å². The van der Waals surface area contributed by atoms with Gasteiger partial charge in [0, 0.05) is 24.3 Å². The van der Waals surface area contributed by atoms with Gasteiger partial charge in [0.25, 0.3) is 0 Å². The van der Waals surface area contributed by atoms with Crippen molar-refractivity contribution in [1.82, 2.24) is 9.88 Å². The van der Waals surface area contributed by atoms with Crippen LogP contribution in [-0.2, 0) is 6.54 Å². The summed E-state index contributed by atoms with van der Waals surface area (Å²) in [7, 11) is 0. The van der Waals surface area contributed by atoms with Crippen LogP contribution in [0.4, 0.5) is 5.69 Å². The molecule has 0 amide bonds. The zero-order valence-corrected chi connectivity index (χ0v) is 12.2. The third-order valence-corrected chi connectivity index (χ3v) is 3.64. The molecule has 0 radical (unpaired) electrons. The molecule has 5 heteroatoms. The van der Waals surface area contributed by atoms with Gasteiger partial charge in [0.05, 0.1) is 13.2 Å². The second-order valence-electron chi connectivity index (χ2n) is 5.00. The van der Waals surface area contributed by atoms with E-state index in [9.17, 15) is 5.11 Å². The van der Waals surface area contributed by atoms with Crippen molar-refractivity contribution >= 4 is 16.8 Å². The standard InChI is InChI=1S/C15H23N3O2/c1-3-12(4-2)18(7-8-19)10-15-17-13-6-5-11(16)9-14(13)20-15/h5-6,9,12,19H,3-4,7-8,10,16H2,1-2H3. The average Bonchev–Trinajstić information content (AvgIpc) is 2.81. The number of anilines is 1. The van der Waals surface area contributed by atoms with E-state index in [-0.39, 0.29) is 6.61 Å². The number of aliphatic hydroxyl groups is 1. The molecule has 0 aliphatic rings. The number of aliphatic hydroxyl groups excluding tert-OH is 1. The molecule has 0 aliphatic heterocycles. The molecule has 110 valence electrons. The Morgan fingerprint density at radius 3 is 2.75 bits per heavy atom. The van der Waals surface area contributed by atoms with Gasteiger partial charge in [-0.05, 0) is 25.0 Å². The third kappa shape index (κ3) is 3.29. The lowest BCUT2D eigenvalue weighted by Crippen LogP contribution is -2.36. The van der Waals surface area contributed by atoms with Crippen molar-refractivity contribution in [3.05, 3.63) is 24.1 Å². The number of rotatable bonds is 7. The number of benzene rings is 1. The molecule has 0 saturated carbocycles. The Kier molecular flexibility index (Phi) is 4.98. The summed E-state index contributed by atoms with van der Waals surface area (Å²) in [6.45, 7) is 5.70. The highest BCUT2D eigenvalue weighted by atomic mass is 16.3. The van der Waals surface area contributed by atoms with E-state index in [1.807, 2.05) is 12.1 Å². The number of nitrogens with zero attached hydrogens (tertiary/aromatic N) is 2. The van der Waals surface area contributed by atoms with Crippen LogP contribution in [0.2, 0.25) is 0 Å². The van der Waals surface area contributed by atoms with Crippen LogP contribution in [0.25, 0.3) is 11.1 Å². The van der Waals surface area contributed by atoms with E-state index in [0.717, 1.165) is 18.4 Å². The molecule has 3 N–H and O–H groups in total. The molecule has 2 rings (SSSR count). The molecular formula is C15H23N3O2. The van der Waals surface area contributed by atoms with Crippen LogP contribution < -0.4 is 5.73 Å². The smallest absolute Gasteiger partial charge is 0.209 e. The monoisotopic (exact) mass is 277 g/mol. The second-order valence-corrected chi connectivity index (χ2v) is 5.00. The van der Waals surface area contributed by atoms with E-state index in [1.54, 1.807) is 6.07 Å². The summed E-state index contributed by atoms with van der Waals surface area (Å²) in [4.78, 5) is 6.70. The predicted molar refractivity (Wildman–Crippen MR) is 80.3 cm³/mol. The molecule has 1 heterocycles. The fourth-order valence-corrected chi connectivity index (χ4v) is 2.55. The molecule has 0 atom stereocenters. The van der Waals surface area contributed by atoms with Crippen LogP contribution in [0.15, 0.2) is 22.6 Å². The van der Waals surface area contributed by atoms with Crippen molar-refractivity contribution in [2.75, 3.05) is 18.9 Å². The summed E-state index contributed by atoms with van der Waals surface area (Å²) in [5.41, 5.74) is 7.95. The zero-order valence-electron chi connectivity index (χ0n) is 12.2. The topological polar surface area (TPSA) is 75.5 Å². The predicted octanol–water partition coefficient (Wildman–Crippen LogP) is 2.39. The van der Waals surface area contributed by atoms with Gasteiger partial charge in [-0.1, -0.05) is 13.8 Å². The number of nitrogen functional groups attached to an aromatic ring is 1. The maximum atomic E-state index is 9.22. The van der Waals surface area contributed by atoms with Gasteiger partial charge in [-0.25, -0.2) is 4.98 Å². The SMILES string of the molecule is CCC(CC)N(CCO)Cc1nc2ccc(N)cc2o1. The summed E-state index contributed by atoms with van der Waals surface area (Å²) in [5, 5.41) is 9.22. The molecule has 2 aromatic rings. The van der Waals surface area contributed by atoms with E-state index in [4.69, 9.17) is 10.2 Å². The van der Waals surface area contributed by atoms with Crippen molar-refractivity contribution in [3.63, 3.8) is 0 Å². The largest absolute Gasteiger partial charge is 0.439 e. The number of oxazole rings is 1. The average molecular weight is 277 g/mol. The highest BCUT2D eigenvalue weighted by Gasteiger charge is 2.17. The van der Waals surface area contributed by atoms with Crippen molar-refractivity contribution < 1.29 is 9.52 Å². The lowest BCUT2D eigenvalue weighted by atomic mass is 10.1. The minimum absolute atomic E-state index is 0.143. The van der Waals surface area contributed by atoms with Crippen LogP contribution in [0, 0.1) is 0 Å². The van der Waals surface area contributed by atoms with Gasteiger partial charge in [0.1, 0.15) is 5.52 Å². The summed E-state index contributed by atoms with van der Waals surface area (Å²) in [6.07, 6.45) is 2.09. The number of hydrogen-bond donors (Lipinski definition) is 2. The van der Waals surface area contributed by atoms with Gasteiger partial charge < -0.3 is 15.3 Å². The lowest BCUT2D eigenvalue weighted by molar-refractivity contribution is 0.127. The van der Waals surface area contributed by atoms with E-state index >= 15 is 0 Å². The Labute approximate surface area is 119 Å². The molecule has 20 heavy (non-hydrogen) atoms. The Morgan fingerprint density at radius 1 is 1.35 bits per heavy atom. The molecule has 1 aromatic carbocycles. The van der Waals surface area contributed by atoms with Gasteiger partial charge in [-0.2, -0.15) is 0 Å². The third-order valence-electron chi connectivity index (χ3n) is 3.64. The Morgan fingerprint density at radius 2 is 2.10 bits per heavy atom. The summed E-state index contributed by atoms with van der Waals surface area (Å²) in [5.74, 6) is 0.672. The normalized spacial score (nSPS) is 11.8. The van der Waals surface area contributed by atoms with Crippen molar-refractivity contribution in [2.45, 2.75) is 39.3 Å². The number of fused-ring (bicyclic) bond motifs is 1. The molecule has 1 aromatic heterocycles. The minimum Gasteiger partial charge on any atom is -0.439 e. The van der Waals surface area contributed by atoms with E-state index in [0.29, 0.717) is 36.3 Å². The maximum absolute atomic E-state index is 9.22. The van der Waals surface area contributed by atoms with Crippen LogP contribution >= 0.6 is 0 Å². The van der Waals surface area contributed by atoms with Crippen molar-refractivity contribution in [3.8, 4) is 0 Å². The molecule has 0 aliphatic carbocycles. The Hall–Kier alpha value is -1.59. The van der Waals surface area contributed by atoms with E-state index in [1.165, 1.54) is 0 Å². The van der Waals surface area contributed by atoms with Gasteiger partial charge in [0.2, 0.25) is 5.89 Å². The first-order chi connectivity index (χ1) is 9.67. The fourth-order valence-electron chi connectivity index (χ4n) is 2.55. The van der Waals surface area contributed by atoms with Crippen molar-refractivity contribution in [2.24, 2.45) is 0 Å². The summed E-state index contributed by atoms with van der Waals surface area (Å²) < 4.78 is 5.75. The Bertz CT molecular complexity index is 549. The van der Waals surface area contributed by atoms with Crippen molar-refractivity contribution in [1.29, 1.82) is 0 Å². The minimum atomic E-state index is 0.143. The molecular weight excluding hydrogens is 254 g/mol. The fraction of sp³-hybridized carbons (Fsp3) is 0.533. The number of aromatic nitrogens is 1. The maximum Gasteiger partial charge on any atom is 0.209 e. The van der Waals surface area contributed by atoms with E-state index in [2.05, 4.69) is 23.7 Å². The molecule has 0 spiro atoms. The first-order valence-electron chi connectivity index (χ1n) is 7.17. The highest BCUT2D eigenvalue weighted by molar-refractivity contribution is 5.76. The van der Waals surface area contributed by atoms with Gasteiger partial charge in [-0.3, -0.25) is 4.90 Å². The number of hydrogen-bond acceptors (Lipinski definition) is 5. The first-order valence-corrected chi connectivity index (χ1v) is 7.17. The molecule has 0 fully saturated rings. The number of nitrogens with two attached hydrogens (primary N) is 1. The van der Waals surface area contributed by atoms with Gasteiger partial charge in [-0.15, -0.1) is 0 Å². The lowest BCUT2D eigenvalue weighted by Gasteiger charge is -2.28. The molecule has 0 bridgehead atoms. The van der Waals surface area contributed by atoms with Gasteiger partial charge in [0.15, 0.2) is 5.58 Å². The Balaban J connectivity index is 2.19. The van der Waals surface area contributed by atoms with Gasteiger partial charge >= 0.3 is 0 Å². The molecule has 0 unspecified atom stereocenters. The van der Waals surface area contributed by atoms with Crippen LogP contribution in [-0.4, -0.2) is 34.2 Å².